The number of amides is 1. The largest absolute Gasteiger partial charge is 0.464 e. The van der Waals surface area contributed by atoms with Gasteiger partial charge < -0.3 is 10.1 Å². The minimum Gasteiger partial charge on any atom is -0.464 e. The number of nitrogens with zero attached hydrogens (tertiary/aromatic N) is 1. The Kier molecular flexibility index (Phi) is 5.25. The highest BCUT2D eigenvalue weighted by molar-refractivity contribution is 6.08. The number of hydrogen-bond donors (Lipinski definition) is 1. The molecule has 2 aromatic rings. The monoisotopic (exact) mass is 354 g/mol. The standard InChI is InChI=1S/C21H26N2O3/c1-4-26-20(25)21(10-6-5-7-11-21)23-19(24)17-13-15(3)22-18-9-8-14(2)12-16(17)18/h8-9,12-13H,4-7,10-11H2,1-3H3,(H,23,24). The van der Waals surface area contributed by atoms with Gasteiger partial charge in [-0.05, 0) is 51.8 Å². The Morgan fingerprint density at radius 3 is 2.58 bits per heavy atom. The van der Waals surface area contributed by atoms with Crippen molar-refractivity contribution < 1.29 is 14.3 Å². The first-order valence-electron chi connectivity index (χ1n) is 9.33. The fourth-order valence-corrected chi connectivity index (χ4v) is 3.75. The molecule has 1 aliphatic carbocycles. The SMILES string of the molecule is CCOC(=O)C1(NC(=O)c2cc(C)nc3ccc(C)cc23)CCCCC1. The van der Waals surface area contributed by atoms with Gasteiger partial charge in [-0.15, -0.1) is 0 Å². The molecule has 5 nitrogen and oxygen atoms in total. The number of rotatable bonds is 4. The molecule has 1 heterocycles. The third-order valence-electron chi connectivity index (χ3n) is 5.06. The van der Waals surface area contributed by atoms with Crippen molar-refractivity contribution in [3.63, 3.8) is 0 Å². The van der Waals surface area contributed by atoms with Gasteiger partial charge in [0.1, 0.15) is 5.54 Å². The lowest BCUT2D eigenvalue weighted by Crippen LogP contribution is -2.56. The van der Waals surface area contributed by atoms with E-state index in [-0.39, 0.29) is 11.9 Å². The number of esters is 1. The van der Waals surface area contributed by atoms with E-state index in [0.717, 1.165) is 41.4 Å². The molecule has 1 fully saturated rings. The van der Waals surface area contributed by atoms with Crippen molar-refractivity contribution >= 4 is 22.8 Å². The third-order valence-corrected chi connectivity index (χ3v) is 5.06. The highest BCUT2D eigenvalue weighted by Gasteiger charge is 2.42. The number of aryl methyl sites for hydroxylation is 2. The van der Waals surface area contributed by atoms with E-state index in [0.29, 0.717) is 25.0 Å². The van der Waals surface area contributed by atoms with Gasteiger partial charge in [-0.25, -0.2) is 4.79 Å². The number of carbonyl (C=O) groups is 2. The van der Waals surface area contributed by atoms with E-state index in [1.54, 1.807) is 13.0 Å². The number of carbonyl (C=O) groups excluding carboxylic acids is 2. The van der Waals surface area contributed by atoms with E-state index in [1.165, 1.54) is 0 Å². The van der Waals surface area contributed by atoms with Crippen molar-refractivity contribution in [1.29, 1.82) is 0 Å². The molecule has 1 aromatic carbocycles. The average molecular weight is 354 g/mol. The second-order valence-electron chi connectivity index (χ2n) is 7.15. The van der Waals surface area contributed by atoms with Crippen LogP contribution in [0.3, 0.4) is 0 Å². The molecule has 1 aliphatic rings. The van der Waals surface area contributed by atoms with Crippen molar-refractivity contribution in [3.05, 3.63) is 41.1 Å². The van der Waals surface area contributed by atoms with Crippen LogP contribution in [0.2, 0.25) is 0 Å². The lowest BCUT2D eigenvalue weighted by Gasteiger charge is -2.35. The average Bonchev–Trinajstić information content (AvgIpc) is 2.62. The number of fused-ring (bicyclic) bond motifs is 1. The van der Waals surface area contributed by atoms with Gasteiger partial charge in [0, 0.05) is 11.1 Å². The van der Waals surface area contributed by atoms with E-state index in [9.17, 15) is 9.59 Å². The first-order chi connectivity index (χ1) is 12.4. The summed E-state index contributed by atoms with van der Waals surface area (Å²) < 4.78 is 5.29. The van der Waals surface area contributed by atoms with Crippen LogP contribution in [0.1, 0.15) is 60.6 Å². The van der Waals surface area contributed by atoms with Crippen LogP contribution < -0.4 is 5.32 Å². The van der Waals surface area contributed by atoms with Crippen molar-refractivity contribution in [2.24, 2.45) is 0 Å². The zero-order valence-electron chi connectivity index (χ0n) is 15.7. The molecule has 138 valence electrons. The first-order valence-corrected chi connectivity index (χ1v) is 9.33. The number of nitrogens with one attached hydrogen (secondary N) is 1. The molecule has 0 aliphatic heterocycles. The Bertz CT molecular complexity index is 839. The molecule has 26 heavy (non-hydrogen) atoms. The third kappa shape index (κ3) is 3.57. The van der Waals surface area contributed by atoms with Gasteiger partial charge in [0.25, 0.3) is 5.91 Å². The van der Waals surface area contributed by atoms with Crippen LogP contribution in [-0.4, -0.2) is 29.0 Å². The Hall–Kier alpha value is -2.43. The van der Waals surface area contributed by atoms with Crippen molar-refractivity contribution in [2.45, 2.75) is 58.4 Å². The minimum absolute atomic E-state index is 0.235. The number of hydrogen-bond acceptors (Lipinski definition) is 4. The summed E-state index contributed by atoms with van der Waals surface area (Å²) >= 11 is 0. The Morgan fingerprint density at radius 1 is 1.15 bits per heavy atom. The molecule has 0 saturated heterocycles. The van der Waals surface area contributed by atoms with Gasteiger partial charge in [-0.1, -0.05) is 30.9 Å². The number of benzene rings is 1. The van der Waals surface area contributed by atoms with Gasteiger partial charge in [-0.3, -0.25) is 9.78 Å². The molecular formula is C21H26N2O3. The predicted molar refractivity (Wildman–Crippen MR) is 101 cm³/mol. The fourth-order valence-electron chi connectivity index (χ4n) is 3.75. The molecule has 5 heteroatoms. The second kappa shape index (κ2) is 7.44. The molecule has 0 radical (unpaired) electrons. The summed E-state index contributed by atoms with van der Waals surface area (Å²) in [7, 11) is 0. The molecule has 3 rings (SSSR count). The minimum atomic E-state index is -0.918. The topological polar surface area (TPSA) is 68.3 Å². The van der Waals surface area contributed by atoms with Crippen LogP contribution in [-0.2, 0) is 9.53 Å². The van der Waals surface area contributed by atoms with E-state index >= 15 is 0 Å². The molecule has 0 bridgehead atoms. The van der Waals surface area contributed by atoms with Crippen molar-refractivity contribution in [2.75, 3.05) is 6.61 Å². The van der Waals surface area contributed by atoms with Crippen LogP contribution in [0.25, 0.3) is 10.9 Å². The van der Waals surface area contributed by atoms with Crippen LogP contribution in [0.5, 0.6) is 0 Å². The van der Waals surface area contributed by atoms with Crippen molar-refractivity contribution in [1.82, 2.24) is 10.3 Å². The first kappa shape index (κ1) is 18.4. The lowest BCUT2D eigenvalue weighted by molar-refractivity contribution is -0.152. The van der Waals surface area contributed by atoms with Gasteiger partial charge in [0.15, 0.2) is 0 Å². The number of aromatic nitrogens is 1. The van der Waals surface area contributed by atoms with Crippen LogP contribution in [0.15, 0.2) is 24.3 Å². The summed E-state index contributed by atoms with van der Waals surface area (Å²) in [5.74, 6) is -0.555. The smallest absolute Gasteiger partial charge is 0.331 e. The number of ether oxygens (including phenoxy) is 1. The molecule has 1 N–H and O–H groups in total. The zero-order valence-corrected chi connectivity index (χ0v) is 15.7. The van der Waals surface area contributed by atoms with Gasteiger partial charge in [0.05, 0.1) is 17.7 Å². The number of pyridine rings is 1. The van der Waals surface area contributed by atoms with E-state index in [1.807, 2.05) is 32.0 Å². The molecule has 1 amide bonds. The molecule has 0 spiro atoms. The van der Waals surface area contributed by atoms with E-state index in [2.05, 4.69) is 10.3 Å². The Morgan fingerprint density at radius 2 is 1.88 bits per heavy atom. The quantitative estimate of drug-likeness (QED) is 0.847. The van der Waals surface area contributed by atoms with E-state index < -0.39 is 5.54 Å². The second-order valence-corrected chi connectivity index (χ2v) is 7.15. The van der Waals surface area contributed by atoms with Crippen LogP contribution in [0, 0.1) is 13.8 Å². The summed E-state index contributed by atoms with van der Waals surface area (Å²) in [6.45, 7) is 5.96. The van der Waals surface area contributed by atoms with Crippen LogP contribution in [0.4, 0.5) is 0 Å². The fraction of sp³-hybridized carbons (Fsp3) is 0.476. The maximum Gasteiger partial charge on any atom is 0.331 e. The summed E-state index contributed by atoms with van der Waals surface area (Å²) in [6.07, 6.45) is 4.15. The molecule has 0 unspecified atom stereocenters. The molecule has 1 saturated carbocycles. The summed E-state index contributed by atoms with van der Waals surface area (Å²) in [5, 5.41) is 3.84. The zero-order chi connectivity index (χ0) is 18.7. The predicted octanol–water partition coefficient (Wildman–Crippen LogP) is 3.85. The van der Waals surface area contributed by atoms with Crippen molar-refractivity contribution in [3.8, 4) is 0 Å². The summed E-state index contributed by atoms with van der Waals surface area (Å²) in [4.78, 5) is 30.3. The normalized spacial score (nSPS) is 16.3. The maximum atomic E-state index is 13.2. The highest BCUT2D eigenvalue weighted by atomic mass is 16.5. The lowest BCUT2D eigenvalue weighted by atomic mass is 9.81. The Labute approximate surface area is 154 Å². The van der Waals surface area contributed by atoms with Gasteiger partial charge in [0.2, 0.25) is 0 Å². The Balaban J connectivity index is 1.99. The maximum absolute atomic E-state index is 13.2. The van der Waals surface area contributed by atoms with Crippen LogP contribution >= 0.6 is 0 Å². The highest BCUT2D eigenvalue weighted by Crippen LogP contribution is 2.30. The molecule has 0 atom stereocenters. The van der Waals surface area contributed by atoms with E-state index in [4.69, 9.17) is 4.74 Å². The van der Waals surface area contributed by atoms with Gasteiger partial charge >= 0.3 is 5.97 Å². The molecule has 1 aromatic heterocycles. The van der Waals surface area contributed by atoms with Gasteiger partial charge in [-0.2, -0.15) is 0 Å². The summed E-state index contributed by atoms with van der Waals surface area (Å²) in [5.41, 5.74) is 2.27. The summed E-state index contributed by atoms with van der Waals surface area (Å²) in [6, 6.07) is 7.67. The molecular weight excluding hydrogens is 328 g/mol.